The molecule has 0 saturated carbocycles. The van der Waals surface area contributed by atoms with Crippen LogP contribution in [0.5, 0.6) is 0 Å². The van der Waals surface area contributed by atoms with E-state index in [4.69, 9.17) is 11.6 Å². The molecule has 1 aliphatic rings. The molecule has 7 heteroatoms. The normalized spacial score (nSPS) is 15.3. The number of amides is 1. The molecule has 0 atom stereocenters. The summed E-state index contributed by atoms with van der Waals surface area (Å²) in [6, 6.07) is 10.6. The van der Waals surface area contributed by atoms with Crippen molar-refractivity contribution < 1.29 is 18.0 Å². The Balaban J connectivity index is 1.71. The Labute approximate surface area is 155 Å². The number of anilines is 1. The molecular formula is C19H18ClF3N2O. The van der Waals surface area contributed by atoms with Crippen LogP contribution in [0.15, 0.2) is 42.5 Å². The maximum absolute atomic E-state index is 12.9. The molecule has 3 nitrogen and oxygen atoms in total. The summed E-state index contributed by atoms with van der Waals surface area (Å²) in [5.41, 5.74) is 1.31. The number of carbonyl (C=O) groups is 1. The predicted molar refractivity (Wildman–Crippen MR) is 95.7 cm³/mol. The second-order valence-corrected chi connectivity index (χ2v) is 6.72. The van der Waals surface area contributed by atoms with E-state index in [0.29, 0.717) is 37.4 Å². The lowest BCUT2D eigenvalue weighted by molar-refractivity contribution is -0.137. The van der Waals surface area contributed by atoms with Crippen LogP contribution in [-0.4, -0.2) is 37.0 Å². The number of alkyl halides is 3. The Hall–Kier alpha value is -2.21. The van der Waals surface area contributed by atoms with E-state index in [2.05, 4.69) is 0 Å². The van der Waals surface area contributed by atoms with Gasteiger partial charge in [0.25, 0.3) is 5.91 Å². The van der Waals surface area contributed by atoms with Gasteiger partial charge in [-0.15, -0.1) is 0 Å². The second-order valence-electron chi connectivity index (χ2n) is 6.31. The summed E-state index contributed by atoms with van der Waals surface area (Å²) in [7, 11) is 0. The molecule has 1 fully saturated rings. The number of carbonyl (C=O) groups excluding carboxylic acids is 1. The molecule has 1 amide bonds. The summed E-state index contributed by atoms with van der Waals surface area (Å²) in [6.07, 6.45) is -4.41. The maximum Gasteiger partial charge on any atom is 0.416 e. The zero-order valence-corrected chi connectivity index (χ0v) is 14.9. The van der Waals surface area contributed by atoms with Crippen LogP contribution >= 0.6 is 11.6 Å². The fourth-order valence-corrected chi connectivity index (χ4v) is 3.20. The van der Waals surface area contributed by atoms with Crippen molar-refractivity contribution in [2.75, 3.05) is 31.1 Å². The topological polar surface area (TPSA) is 23.6 Å². The van der Waals surface area contributed by atoms with E-state index in [1.807, 2.05) is 19.1 Å². The highest BCUT2D eigenvalue weighted by molar-refractivity contribution is 6.33. The lowest BCUT2D eigenvalue weighted by Gasteiger charge is -2.36. The standard InChI is InChI=1S/C19H18ClF3N2O/c1-13-2-4-14(5-3-13)18(26)25-10-8-24(9-11-25)17-12-15(19(21,22)23)6-7-16(17)20/h2-7,12H,8-11H2,1H3. The van der Waals surface area contributed by atoms with Gasteiger partial charge in [-0.2, -0.15) is 13.2 Å². The fraction of sp³-hybridized carbons (Fsp3) is 0.316. The molecule has 1 heterocycles. The zero-order chi connectivity index (χ0) is 18.9. The number of hydrogen-bond donors (Lipinski definition) is 0. The summed E-state index contributed by atoms with van der Waals surface area (Å²) >= 11 is 6.10. The first-order chi connectivity index (χ1) is 12.3. The average Bonchev–Trinajstić information content (AvgIpc) is 2.61. The number of nitrogens with zero attached hydrogens (tertiary/aromatic N) is 2. The number of halogens is 4. The van der Waals surface area contributed by atoms with Gasteiger partial charge in [-0.05, 0) is 37.3 Å². The van der Waals surface area contributed by atoms with Gasteiger partial charge in [0.1, 0.15) is 0 Å². The molecule has 0 aliphatic carbocycles. The van der Waals surface area contributed by atoms with E-state index in [0.717, 1.165) is 17.7 Å². The van der Waals surface area contributed by atoms with Crippen LogP contribution in [0.1, 0.15) is 21.5 Å². The van der Waals surface area contributed by atoms with Gasteiger partial charge < -0.3 is 9.80 Å². The number of piperazine rings is 1. The van der Waals surface area contributed by atoms with E-state index in [1.54, 1.807) is 21.9 Å². The molecule has 2 aromatic carbocycles. The number of aryl methyl sites for hydroxylation is 1. The van der Waals surface area contributed by atoms with Crippen LogP contribution in [0.2, 0.25) is 5.02 Å². The Bertz CT molecular complexity index is 797. The Morgan fingerprint density at radius 1 is 1.00 bits per heavy atom. The SMILES string of the molecule is Cc1ccc(C(=O)N2CCN(c3cc(C(F)(F)F)ccc3Cl)CC2)cc1. The lowest BCUT2D eigenvalue weighted by Crippen LogP contribution is -2.49. The minimum absolute atomic E-state index is 0.0696. The van der Waals surface area contributed by atoms with Gasteiger partial charge >= 0.3 is 6.18 Å². The Kier molecular flexibility index (Phi) is 5.14. The molecule has 0 aromatic heterocycles. The summed E-state index contributed by atoms with van der Waals surface area (Å²) in [6.45, 7) is 3.67. The van der Waals surface area contributed by atoms with Crippen molar-refractivity contribution in [2.45, 2.75) is 13.1 Å². The lowest BCUT2D eigenvalue weighted by atomic mass is 10.1. The highest BCUT2D eigenvalue weighted by atomic mass is 35.5. The van der Waals surface area contributed by atoms with Crippen LogP contribution in [0.25, 0.3) is 0 Å². The van der Waals surface area contributed by atoms with Crippen molar-refractivity contribution in [3.63, 3.8) is 0 Å². The van der Waals surface area contributed by atoms with Crippen molar-refractivity contribution in [3.8, 4) is 0 Å². The van der Waals surface area contributed by atoms with Gasteiger partial charge in [-0.1, -0.05) is 29.3 Å². The molecule has 0 radical (unpaired) electrons. The van der Waals surface area contributed by atoms with Gasteiger partial charge in [0, 0.05) is 31.7 Å². The molecule has 26 heavy (non-hydrogen) atoms. The molecular weight excluding hydrogens is 365 g/mol. The first kappa shape index (κ1) is 18.6. The molecule has 1 saturated heterocycles. The first-order valence-electron chi connectivity index (χ1n) is 8.23. The van der Waals surface area contributed by atoms with Crippen LogP contribution in [-0.2, 0) is 6.18 Å². The number of rotatable bonds is 2. The monoisotopic (exact) mass is 382 g/mol. The molecule has 0 unspecified atom stereocenters. The largest absolute Gasteiger partial charge is 0.416 e. The minimum atomic E-state index is -4.41. The van der Waals surface area contributed by atoms with E-state index < -0.39 is 11.7 Å². The summed E-state index contributed by atoms with van der Waals surface area (Å²) in [5, 5.41) is 0.274. The smallest absolute Gasteiger partial charge is 0.367 e. The third-order valence-corrected chi connectivity index (χ3v) is 4.80. The third kappa shape index (κ3) is 3.96. The van der Waals surface area contributed by atoms with Crippen molar-refractivity contribution in [3.05, 3.63) is 64.2 Å². The van der Waals surface area contributed by atoms with Gasteiger partial charge in [0.05, 0.1) is 16.3 Å². The van der Waals surface area contributed by atoms with Crippen LogP contribution in [0.3, 0.4) is 0 Å². The molecule has 1 aliphatic heterocycles. The van der Waals surface area contributed by atoms with Gasteiger partial charge in [-0.25, -0.2) is 0 Å². The fourth-order valence-electron chi connectivity index (χ4n) is 2.96. The van der Waals surface area contributed by atoms with Crippen molar-refractivity contribution in [1.82, 2.24) is 4.90 Å². The summed E-state index contributed by atoms with van der Waals surface area (Å²) in [5.74, 6) is -0.0696. The Morgan fingerprint density at radius 3 is 2.19 bits per heavy atom. The predicted octanol–water partition coefficient (Wildman–Crippen LogP) is 4.63. The molecule has 3 rings (SSSR count). The molecule has 2 aromatic rings. The Morgan fingerprint density at radius 2 is 1.62 bits per heavy atom. The van der Waals surface area contributed by atoms with E-state index in [-0.39, 0.29) is 10.9 Å². The van der Waals surface area contributed by atoms with Crippen LogP contribution in [0, 0.1) is 6.92 Å². The molecule has 138 valence electrons. The molecule has 0 bridgehead atoms. The van der Waals surface area contributed by atoms with Crippen molar-refractivity contribution in [1.29, 1.82) is 0 Å². The highest BCUT2D eigenvalue weighted by Crippen LogP contribution is 2.35. The number of hydrogen-bond acceptors (Lipinski definition) is 2. The second kappa shape index (κ2) is 7.19. The van der Waals surface area contributed by atoms with Gasteiger partial charge in [0.15, 0.2) is 0 Å². The van der Waals surface area contributed by atoms with E-state index >= 15 is 0 Å². The summed E-state index contributed by atoms with van der Waals surface area (Å²) < 4.78 is 38.8. The maximum atomic E-state index is 12.9. The van der Waals surface area contributed by atoms with Crippen LogP contribution < -0.4 is 4.90 Å². The molecule has 0 spiro atoms. The van der Waals surface area contributed by atoms with E-state index in [9.17, 15) is 18.0 Å². The highest BCUT2D eigenvalue weighted by Gasteiger charge is 2.32. The summed E-state index contributed by atoms with van der Waals surface area (Å²) in [4.78, 5) is 16.0. The quantitative estimate of drug-likeness (QED) is 0.756. The molecule has 0 N–H and O–H groups in total. The third-order valence-electron chi connectivity index (χ3n) is 4.48. The average molecular weight is 383 g/mol. The first-order valence-corrected chi connectivity index (χ1v) is 8.61. The van der Waals surface area contributed by atoms with Crippen molar-refractivity contribution in [2.24, 2.45) is 0 Å². The number of benzene rings is 2. The van der Waals surface area contributed by atoms with E-state index in [1.165, 1.54) is 6.07 Å². The minimum Gasteiger partial charge on any atom is -0.367 e. The van der Waals surface area contributed by atoms with Gasteiger partial charge in [0.2, 0.25) is 0 Å². The van der Waals surface area contributed by atoms with Crippen molar-refractivity contribution >= 4 is 23.2 Å². The van der Waals surface area contributed by atoms with Crippen LogP contribution in [0.4, 0.5) is 18.9 Å². The van der Waals surface area contributed by atoms with Gasteiger partial charge in [-0.3, -0.25) is 4.79 Å². The zero-order valence-electron chi connectivity index (χ0n) is 14.2.